The number of halogens is 2. The lowest BCUT2D eigenvalue weighted by atomic mass is 10.1. The molecule has 3 nitrogen and oxygen atoms in total. The summed E-state index contributed by atoms with van der Waals surface area (Å²) >= 11 is 6.66. The molecule has 18 heavy (non-hydrogen) atoms. The van der Waals surface area contributed by atoms with E-state index in [0.717, 1.165) is 21.3 Å². The highest BCUT2D eigenvalue weighted by Gasteiger charge is 2.11. The molecule has 1 aromatic heterocycles. The van der Waals surface area contributed by atoms with E-state index in [4.69, 9.17) is 4.42 Å². The van der Waals surface area contributed by atoms with E-state index in [2.05, 4.69) is 37.2 Å². The molecule has 0 aliphatic rings. The van der Waals surface area contributed by atoms with Crippen LogP contribution in [-0.2, 0) is 0 Å². The van der Waals surface area contributed by atoms with Gasteiger partial charge in [0.1, 0.15) is 0 Å². The van der Waals surface area contributed by atoms with Crippen molar-refractivity contribution in [3.05, 3.63) is 50.3 Å². The fraction of sp³-hybridized carbons (Fsp3) is 0.154. The molecule has 0 atom stereocenters. The van der Waals surface area contributed by atoms with Gasteiger partial charge >= 0.3 is 0 Å². The third kappa shape index (κ3) is 2.84. The minimum atomic E-state index is -0.262. The van der Waals surface area contributed by atoms with Gasteiger partial charge in [0, 0.05) is 10.2 Å². The number of benzene rings is 1. The standard InChI is InChI=1S/C13H11Br2NO2/c1-7-5-9(6-8(2)12(7)15)16-13(17)10-3-4-11(14)18-10/h3-6H,1-2H3,(H,16,17). The minimum absolute atomic E-state index is 0.262. The van der Waals surface area contributed by atoms with Crippen molar-refractivity contribution in [1.82, 2.24) is 0 Å². The second-order valence-corrected chi connectivity index (χ2v) is 5.56. The summed E-state index contributed by atoms with van der Waals surface area (Å²) in [6.07, 6.45) is 0. The van der Waals surface area contributed by atoms with Crippen molar-refractivity contribution in [2.24, 2.45) is 0 Å². The molecule has 0 bridgehead atoms. The van der Waals surface area contributed by atoms with Crippen molar-refractivity contribution < 1.29 is 9.21 Å². The normalized spacial score (nSPS) is 10.4. The van der Waals surface area contributed by atoms with Crippen molar-refractivity contribution >= 4 is 43.5 Å². The molecule has 1 amide bonds. The predicted octanol–water partition coefficient (Wildman–Crippen LogP) is 4.67. The van der Waals surface area contributed by atoms with Gasteiger partial charge in [-0.25, -0.2) is 0 Å². The Balaban J connectivity index is 2.22. The molecule has 0 unspecified atom stereocenters. The fourth-order valence-electron chi connectivity index (χ4n) is 1.65. The second kappa shape index (κ2) is 5.28. The first-order valence-corrected chi connectivity index (χ1v) is 6.89. The summed E-state index contributed by atoms with van der Waals surface area (Å²) in [4.78, 5) is 11.9. The zero-order chi connectivity index (χ0) is 13.3. The van der Waals surface area contributed by atoms with E-state index in [1.54, 1.807) is 12.1 Å². The molecule has 94 valence electrons. The van der Waals surface area contributed by atoms with Crippen LogP contribution >= 0.6 is 31.9 Å². The van der Waals surface area contributed by atoms with Gasteiger partial charge in [-0.15, -0.1) is 0 Å². The highest BCUT2D eigenvalue weighted by Crippen LogP contribution is 2.25. The summed E-state index contributed by atoms with van der Waals surface area (Å²) in [6.45, 7) is 3.96. The van der Waals surface area contributed by atoms with Gasteiger partial charge in [-0.1, -0.05) is 15.9 Å². The van der Waals surface area contributed by atoms with E-state index in [1.807, 2.05) is 26.0 Å². The van der Waals surface area contributed by atoms with E-state index < -0.39 is 0 Å². The van der Waals surface area contributed by atoms with E-state index in [1.165, 1.54) is 0 Å². The number of aryl methyl sites for hydroxylation is 2. The van der Waals surface area contributed by atoms with Crippen LogP contribution < -0.4 is 5.32 Å². The molecule has 1 aromatic carbocycles. The zero-order valence-corrected chi connectivity index (χ0v) is 13.1. The molecule has 1 heterocycles. The number of hydrogen-bond donors (Lipinski definition) is 1. The van der Waals surface area contributed by atoms with Gasteiger partial charge in [0.15, 0.2) is 10.4 Å². The number of hydrogen-bond acceptors (Lipinski definition) is 2. The van der Waals surface area contributed by atoms with Gasteiger partial charge in [0.25, 0.3) is 5.91 Å². The lowest BCUT2D eigenvalue weighted by molar-refractivity contribution is 0.0995. The number of carbonyl (C=O) groups excluding carboxylic acids is 1. The van der Waals surface area contributed by atoms with Crippen molar-refractivity contribution in [2.45, 2.75) is 13.8 Å². The lowest BCUT2D eigenvalue weighted by Crippen LogP contribution is -2.11. The quantitative estimate of drug-likeness (QED) is 0.831. The van der Waals surface area contributed by atoms with Crippen molar-refractivity contribution in [3.8, 4) is 0 Å². The maximum Gasteiger partial charge on any atom is 0.291 e. The van der Waals surface area contributed by atoms with E-state index in [-0.39, 0.29) is 11.7 Å². The van der Waals surface area contributed by atoms with Gasteiger partial charge < -0.3 is 9.73 Å². The average molecular weight is 373 g/mol. The van der Waals surface area contributed by atoms with Gasteiger partial charge in [-0.3, -0.25) is 4.79 Å². The second-order valence-electron chi connectivity index (χ2n) is 3.98. The fourth-order valence-corrected chi connectivity index (χ4v) is 2.18. The van der Waals surface area contributed by atoms with E-state index in [9.17, 15) is 4.79 Å². The van der Waals surface area contributed by atoms with Crippen LogP contribution in [0.5, 0.6) is 0 Å². The number of nitrogens with one attached hydrogen (secondary N) is 1. The van der Waals surface area contributed by atoms with E-state index in [0.29, 0.717) is 4.67 Å². The summed E-state index contributed by atoms with van der Waals surface area (Å²) < 4.78 is 6.79. The van der Waals surface area contributed by atoms with Crippen molar-refractivity contribution in [1.29, 1.82) is 0 Å². The third-order valence-corrected chi connectivity index (χ3v) is 4.17. The van der Waals surface area contributed by atoms with Crippen LogP contribution in [0.25, 0.3) is 0 Å². The summed E-state index contributed by atoms with van der Waals surface area (Å²) in [5.74, 6) is 0.0157. The SMILES string of the molecule is Cc1cc(NC(=O)c2ccc(Br)o2)cc(C)c1Br. The van der Waals surface area contributed by atoms with Gasteiger partial charge in [0.2, 0.25) is 0 Å². The van der Waals surface area contributed by atoms with Crippen LogP contribution in [0.1, 0.15) is 21.7 Å². The van der Waals surface area contributed by atoms with Crippen LogP contribution in [0, 0.1) is 13.8 Å². The molecule has 0 saturated heterocycles. The molecule has 0 saturated carbocycles. The number of furan rings is 1. The lowest BCUT2D eigenvalue weighted by Gasteiger charge is -2.08. The van der Waals surface area contributed by atoms with E-state index >= 15 is 0 Å². The Morgan fingerprint density at radius 2 is 1.78 bits per heavy atom. The smallest absolute Gasteiger partial charge is 0.291 e. The number of rotatable bonds is 2. The molecule has 0 fully saturated rings. The predicted molar refractivity (Wildman–Crippen MR) is 78.0 cm³/mol. The largest absolute Gasteiger partial charge is 0.444 e. The van der Waals surface area contributed by atoms with Crippen LogP contribution in [0.4, 0.5) is 5.69 Å². The molecule has 0 radical (unpaired) electrons. The van der Waals surface area contributed by atoms with Gasteiger partial charge in [-0.2, -0.15) is 0 Å². The van der Waals surface area contributed by atoms with Crippen molar-refractivity contribution in [3.63, 3.8) is 0 Å². The minimum Gasteiger partial charge on any atom is -0.444 e. The highest BCUT2D eigenvalue weighted by atomic mass is 79.9. The molecule has 0 aliphatic carbocycles. The maximum atomic E-state index is 11.9. The van der Waals surface area contributed by atoms with Crippen LogP contribution in [0.2, 0.25) is 0 Å². The Bertz CT molecular complexity index is 582. The van der Waals surface area contributed by atoms with Gasteiger partial charge in [0.05, 0.1) is 0 Å². The third-order valence-electron chi connectivity index (χ3n) is 2.49. The Morgan fingerprint density at radius 1 is 1.17 bits per heavy atom. The molecule has 2 rings (SSSR count). The zero-order valence-electron chi connectivity index (χ0n) is 9.88. The Hall–Kier alpha value is -1.07. The first-order valence-electron chi connectivity index (χ1n) is 5.31. The molecular weight excluding hydrogens is 362 g/mol. The maximum absolute atomic E-state index is 11.9. The summed E-state index contributed by atoms with van der Waals surface area (Å²) in [6, 6.07) is 7.13. The van der Waals surface area contributed by atoms with Crippen molar-refractivity contribution in [2.75, 3.05) is 5.32 Å². The first-order chi connectivity index (χ1) is 8.47. The molecule has 0 aliphatic heterocycles. The summed E-state index contributed by atoms with van der Waals surface area (Å²) in [5.41, 5.74) is 2.91. The number of amides is 1. The summed E-state index contributed by atoms with van der Waals surface area (Å²) in [5, 5.41) is 2.81. The van der Waals surface area contributed by atoms with Gasteiger partial charge in [-0.05, 0) is 65.2 Å². The Labute approximate surface area is 122 Å². The molecule has 2 aromatic rings. The molecule has 0 spiro atoms. The molecule has 1 N–H and O–H groups in total. The monoisotopic (exact) mass is 371 g/mol. The van der Waals surface area contributed by atoms with Crippen LogP contribution in [0.3, 0.4) is 0 Å². The highest BCUT2D eigenvalue weighted by molar-refractivity contribution is 9.10. The average Bonchev–Trinajstić information content (AvgIpc) is 2.72. The van der Waals surface area contributed by atoms with Crippen LogP contribution in [0.15, 0.2) is 37.8 Å². The molecule has 5 heteroatoms. The Kier molecular flexibility index (Phi) is 3.92. The van der Waals surface area contributed by atoms with Crippen LogP contribution in [-0.4, -0.2) is 5.91 Å². The number of anilines is 1. The number of carbonyl (C=O) groups is 1. The Morgan fingerprint density at radius 3 is 2.28 bits per heavy atom. The molecular formula is C13H11Br2NO2. The topological polar surface area (TPSA) is 42.2 Å². The summed E-state index contributed by atoms with van der Waals surface area (Å²) in [7, 11) is 0. The first kappa shape index (κ1) is 13.4.